The number of halogens is 1. The smallest absolute Gasteiger partial charge is 0.261 e. The molecule has 6 heteroatoms. The third-order valence-corrected chi connectivity index (χ3v) is 3.08. The van der Waals surface area contributed by atoms with E-state index in [1.165, 1.54) is 4.90 Å². The zero-order valence-electron chi connectivity index (χ0n) is 10.9. The SMILES string of the molecule is Cc1cncc(N2CCC(F)(C(=O)N(C)C)C2)n1. The van der Waals surface area contributed by atoms with E-state index >= 15 is 0 Å². The van der Waals surface area contributed by atoms with Gasteiger partial charge in [-0.05, 0) is 6.92 Å². The van der Waals surface area contributed by atoms with Crippen LogP contribution in [0, 0.1) is 6.92 Å². The van der Waals surface area contributed by atoms with E-state index in [0.29, 0.717) is 12.4 Å². The van der Waals surface area contributed by atoms with Crippen LogP contribution in [0.15, 0.2) is 12.4 Å². The van der Waals surface area contributed by atoms with Gasteiger partial charge in [-0.3, -0.25) is 9.78 Å². The van der Waals surface area contributed by atoms with E-state index in [9.17, 15) is 9.18 Å². The minimum atomic E-state index is -1.81. The van der Waals surface area contributed by atoms with Crippen molar-refractivity contribution in [2.45, 2.75) is 19.0 Å². The predicted molar refractivity (Wildman–Crippen MR) is 66.1 cm³/mol. The van der Waals surface area contributed by atoms with Gasteiger partial charge < -0.3 is 9.80 Å². The second-order valence-electron chi connectivity index (χ2n) is 4.86. The van der Waals surface area contributed by atoms with Crippen molar-refractivity contribution in [3.63, 3.8) is 0 Å². The van der Waals surface area contributed by atoms with Gasteiger partial charge in [0.1, 0.15) is 5.82 Å². The van der Waals surface area contributed by atoms with E-state index in [2.05, 4.69) is 9.97 Å². The summed E-state index contributed by atoms with van der Waals surface area (Å²) in [4.78, 5) is 23.2. The van der Waals surface area contributed by atoms with Gasteiger partial charge in [-0.1, -0.05) is 0 Å². The molecule has 1 aliphatic rings. The van der Waals surface area contributed by atoms with Gasteiger partial charge in [-0.25, -0.2) is 9.37 Å². The number of hydrogen-bond acceptors (Lipinski definition) is 4. The van der Waals surface area contributed by atoms with Gasteiger partial charge in [0.25, 0.3) is 5.91 Å². The summed E-state index contributed by atoms with van der Waals surface area (Å²) in [5.74, 6) is 0.145. The minimum Gasteiger partial charge on any atom is -0.351 e. The predicted octanol–water partition coefficient (Wildman–Crippen LogP) is 0.792. The molecule has 0 aliphatic carbocycles. The minimum absolute atomic E-state index is 0.0438. The first kappa shape index (κ1) is 12.7. The van der Waals surface area contributed by atoms with E-state index in [1.807, 2.05) is 6.92 Å². The van der Waals surface area contributed by atoms with Crippen LogP contribution < -0.4 is 4.90 Å². The highest BCUT2D eigenvalue weighted by Crippen LogP contribution is 2.29. The molecule has 1 amide bonds. The maximum absolute atomic E-state index is 14.5. The highest BCUT2D eigenvalue weighted by Gasteiger charge is 2.46. The van der Waals surface area contributed by atoms with Gasteiger partial charge >= 0.3 is 0 Å². The van der Waals surface area contributed by atoms with Crippen molar-refractivity contribution >= 4 is 11.7 Å². The van der Waals surface area contributed by atoms with Crippen molar-refractivity contribution in [3.8, 4) is 0 Å². The number of hydrogen-bond donors (Lipinski definition) is 0. The molecule has 1 aromatic heterocycles. The summed E-state index contributed by atoms with van der Waals surface area (Å²) in [6, 6.07) is 0. The van der Waals surface area contributed by atoms with Crippen molar-refractivity contribution in [2.75, 3.05) is 32.1 Å². The van der Waals surface area contributed by atoms with Crippen LogP contribution in [-0.2, 0) is 4.79 Å². The topological polar surface area (TPSA) is 49.3 Å². The van der Waals surface area contributed by atoms with E-state index in [4.69, 9.17) is 0 Å². The lowest BCUT2D eigenvalue weighted by Crippen LogP contribution is -2.44. The van der Waals surface area contributed by atoms with Gasteiger partial charge in [0.2, 0.25) is 5.67 Å². The molecule has 1 atom stereocenters. The lowest BCUT2D eigenvalue weighted by molar-refractivity contribution is -0.139. The maximum Gasteiger partial charge on any atom is 0.261 e. The largest absolute Gasteiger partial charge is 0.351 e. The Hall–Kier alpha value is -1.72. The molecule has 1 saturated heterocycles. The molecule has 0 radical (unpaired) electrons. The van der Waals surface area contributed by atoms with E-state index in [0.717, 1.165) is 5.69 Å². The summed E-state index contributed by atoms with van der Waals surface area (Å²) in [7, 11) is 3.14. The highest BCUT2D eigenvalue weighted by atomic mass is 19.1. The first-order valence-corrected chi connectivity index (χ1v) is 5.87. The third-order valence-electron chi connectivity index (χ3n) is 3.08. The number of aryl methyl sites for hydroxylation is 1. The molecular weight excluding hydrogens is 235 g/mol. The van der Waals surface area contributed by atoms with E-state index < -0.39 is 11.6 Å². The fraction of sp³-hybridized carbons (Fsp3) is 0.583. The molecular formula is C12H17FN4O. The van der Waals surface area contributed by atoms with Crippen molar-refractivity contribution in [1.82, 2.24) is 14.9 Å². The van der Waals surface area contributed by atoms with Gasteiger partial charge in [0.15, 0.2) is 0 Å². The molecule has 0 spiro atoms. The van der Waals surface area contributed by atoms with Crippen molar-refractivity contribution in [3.05, 3.63) is 18.1 Å². The van der Waals surface area contributed by atoms with Crippen LogP contribution in [0.1, 0.15) is 12.1 Å². The summed E-state index contributed by atoms with van der Waals surface area (Å²) < 4.78 is 14.5. The first-order valence-electron chi connectivity index (χ1n) is 5.87. The molecule has 1 unspecified atom stereocenters. The zero-order chi connectivity index (χ0) is 13.3. The van der Waals surface area contributed by atoms with Crippen LogP contribution >= 0.6 is 0 Å². The number of carbonyl (C=O) groups excluding carboxylic acids is 1. The lowest BCUT2D eigenvalue weighted by atomic mass is 10.0. The maximum atomic E-state index is 14.5. The van der Waals surface area contributed by atoms with Gasteiger partial charge in [-0.15, -0.1) is 0 Å². The van der Waals surface area contributed by atoms with Crippen LogP contribution in [0.3, 0.4) is 0 Å². The fourth-order valence-electron chi connectivity index (χ4n) is 2.15. The Bertz CT molecular complexity index is 465. The van der Waals surface area contributed by atoms with Gasteiger partial charge in [0.05, 0.1) is 18.4 Å². The molecule has 1 aromatic rings. The Morgan fingerprint density at radius 2 is 2.22 bits per heavy atom. The Kier molecular flexibility index (Phi) is 3.19. The number of anilines is 1. The summed E-state index contributed by atoms with van der Waals surface area (Å²) in [5, 5.41) is 0. The van der Waals surface area contributed by atoms with Crippen LogP contribution in [0.5, 0.6) is 0 Å². The average Bonchev–Trinajstić information content (AvgIpc) is 2.72. The monoisotopic (exact) mass is 252 g/mol. The fourth-order valence-corrected chi connectivity index (χ4v) is 2.15. The molecule has 0 bridgehead atoms. The second-order valence-corrected chi connectivity index (χ2v) is 4.86. The summed E-state index contributed by atoms with van der Waals surface area (Å²) in [6.45, 7) is 2.36. The number of carbonyl (C=O) groups is 1. The number of alkyl halides is 1. The Labute approximate surface area is 106 Å². The molecule has 18 heavy (non-hydrogen) atoms. The highest BCUT2D eigenvalue weighted by molar-refractivity contribution is 5.86. The van der Waals surface area contributed by atoms with Gasteiger partial charge in [0, 0.05) is 33.3 Å². The molecule has 0 saturated carbocycles. The van der Waals surface area contributed by atoms with E-state index in [1.54, 1.807) is 31.4 Å². The number of aromatic nitrogens is 2. The van der Waals surface area contributed by atoms with Crippen LogP contribution in [-0.4, -0.2) is 53.6 Å². The van der Waals surface area contributed by atoms with Crippen molar-refractivity contribution in [1.29, 1.82) is 0 Å². The zero-order valence-corrected chi connectivity index (χ0v) is 10.9. The number of rotatable bonds is 2. The number of amides is 1. The molecule has 0 N–H and O–H groups in total. The normalized spacial score (nSPS) is 23.2. The Morgan fingerprint density at radius 1 is 1.50 bits per heavy atom. The second kappa shape index (κ2) is 4.51. The Balaban J connectivity index is 2.15. The number of nitrogens with zero attached hydrogens (tertiary/aromatic N) is 4. The molecule has 98 valence electrons. The van der Waals surface area contributed by atoms with Crippen molar-refractivity contribution in [2.24, 2.45) is 0 Å². The lowest BCUT2D eigenvalue weighted by Gasteiger charge is -2.23. The molecule has 2 heterocycles. The standard InChI is InChI=1S/C12H17FN4O/c1-9-6-14-7-10(15-9)17-5-4-12(13,8-17)11(18)16(2)3/h6-7H,4-5,8H2,1-3H3. The summed E-state index contributed by atoms with van der Waals surface area (Å²) >= 11 is 0. The molecule has 2 rings (SSSR count). The van der Waals surface area contributed by atoms with Crippen LogP contribution in [0.4, 0.5) is 10.2 Å². The van der Waals surface area contributed by atoms with Crippen LogP contribution in [0.2, 0.25) is 0 Å². The molecule has 1 fully saturated rings. The summed E-state index contributed by atoms with van der Waals surface area (Å²) in [6.07, 6.45) is 3.44. The summed E-state index contributed by atoms with van der Waals surface area (Å²) in [5.41, 5.74) is -1.03. The average molecular weight is 252 g/mol. The molecule has 0 aromatic carbocycles. The quantitative estimate of drug-likeness (QED) is 0.781. The molecule has 1 aliphatic heterocycles. The first-order chi connectivity index (χ1) is 8.42. The van der Waals surface area contributed by atoms with Crippen molar-refractivity contribution < 1.29 is 9.18 Å². The Morgan fingerprint density at radius 3 is 2.83 bits per heavy atom. The van der Waals surface area contributed by atoms with Gasteiger partial charge in [-0.2, -0.15) is 0 Å². The third kappa shape index (κ3) is 2.27. The molecule has 5 nitrogen and oxygen atoms in total. The van der Waals surface area contributed by atoms with Crippen LogP contribution in [0.25, 0.3) is 0 Å². The van der Waals surface area contributed by atoms with E-state index in [-0.39, 0.29) is 13.0 Å².